The molecular formula is C19H25N5O2. The SMILES string of the molecule is O=C(NC1CCN(CCn2nc3n(c2=O)CCCC3)C1)c1ccccc1. The lowest BCUT2D eigenvalue weighted by atomic mass is 10.2. The molecule has 1 aromatic heterocycles. The van der Waals surface area contributed by atoms with E-state index < -0.39 is 0 Å². The van der Waals surface area contributed by atoms with Crippen LogP contribution in [0.15, 0.2) is 35.1 Å². The molecule has 1 amide bonds. The molecule has 0 spiro atoms. The van der Waals surface area contributed by atoms with Crippen molar-refractivity contribution in [1.82, 2.24) is 24.6 Å². The molecule has 2 aromatic rings. The number of nitrogens with zero attached hydrogens (tertiary/aromatic N) is 4. The van der Waals surface area contributed by atoms with Crippen LogP contribution in [0, 0.1) is 0 Å². The first-order chi connectivity index (χ1) is 12.7. The predicted octanol–water partition coefficient (Wildman–Crippen LogP) is 0.885. The molecule has 3 heterocycles. The summed E-state index contributed by atoms with van der Waals surface area (Å²) in [7, 11) is 0. The summed E-state index contributed by atoms with van der Waals surface area (Å²) in [5.74, 6) is 0.908. The molecule has 138 valence electrons. The first-order valence-electron chi connectivity index (χ1n) is 9.45. The second kappa shape index (κ2) is 7.45. The predicted molar refractivity (Wildman–Crippen MR) is 98.2 cm³/mol. The van der Waals surface area contributed by atoms with Crippen LogP contribution in [0.3, 0.4) is 0 Å². The van der Waals surface area contributed by atoms with Gasteiger partial charge in [0.1, 0.15) is 5.82 Å². The molecule has 1 atom stereocenters. The summed E-state index contributed by atoms with van der Waals surface area (Å²) in [6.45, 7) is 3.95. The summed E-state index contributed by atoms with van der Waals surface area (Å²) in [6.07, 6.45) is 4.02. The Labute approximate surface area is 152 Å². The highest BCUT2D eigenvalue weighted by atomic mass is 16.2. The average molecular weight is 355 g/mol. The fraction of sp³-hybridized carbons (Fsp3) is 0.526. The minimum absolute atomic E-state index is 0.0181. The largest absolute Gasteiger partial charge is 0.348 e. The fourth-order valence-corrected chi connectivity index (χ4v) is 3.84. The van der Waals surface area contributed by atoms with Gasteiger partial charge in [0, 0.05) is 44.2 Å². The van der Waals surface area contributed by atoms with Crippen LogP contribution < -0.4 is 11.0 Å². The molecule has 2 aliphatic heterocycles. The molecule has 2 aliphatic rings. The van der Waals surface area contributed by atoms with Crippen LogP contribution in [0.2, 0.25) is 0 Å². The van der Waals surface area contributed by atoms with E-state index in [2.05, 4.69) is 15.3 Å². The average Bonchev–Trinajstić information content (AvgIpc) is 3.25. The molecule has 7 nitrogen and oxygen atoms in total. The Morgan fingerprint density at radius 3 is 2.81 bits per heavy atom. The normalized spacial score (nSPS) is 20.1. The maximum atomic E-state index is 12.4. The zero-order valence-corrected chi connectivity index (χ0v) is 14.9. The van der Waals surface area contributed by atoms with E-state index in [0.29, 0.717) is 12.1 Å². The molecule has 1 unspecified atom stereocenters. The lowest BCUT2D eigenvalue weighted by Crippen LogP contribution is -2.38. The number of aryl methyl sites for hydroxylation is 1. The summed E-state index contributed by atoms with van der Waals surface area (Å²) in [4.78, 5) is 26.9. The van der Waals surface area contributed by atoms with Crippen molar-refractivity contribution in [2.45, 2.75) is 44.8 Å². The summed E-state index contributed by atoms with van der Waals surface area (Å²) in [6, 6.07) is 9.47. The number of amides is 1. The number of carbonyl (C=O) groups is 1. The van der Waals surface area contributed by atoms with E-state index in [4.69, 9.17) is 0 Å². The first kappa shape index (κ1) is 17.0. The minimum atomic E-state index is -0.0181. The molecule has 0 saturated carbocycles. The number of rotatable bonds is 5. The van der Waals surface area contributed by atoms with Crippen molar-refractivity contribution < 1.29 is 4.79 Å². The number of nitrogens with one attached hydrogen (secondary N) is 1. The Hall–Kier alpha value is -2.41. The van der Waals surface area contributed by atoms with E-state index >= 15 is 0 Å². The van der Waals surface area contributed by atoms with Crippen molar-refractivity contribution in [3.05, 3.63) is 52.2 Å². The highest BCUT2D eigenvalue weighted by Gasteiger charge is 2.24. The second-order valence-electron chi connectivity index (χ2n) is 7.16. The Morgan fingerprint density at radius 2 is 2.00 bits per heavy atom. The zero-order chi connectivity index (χ0) is 17.9. The van der Waals surface area contributed by atoms with Gasteiger partial charge < -0.3 is 5.32 Å². The van der Waals surface area contributed by atoms with Gasteiger partial charge in [-0.15, -0.1) is 0 Å². The summed E-state index contributed by atoms with van der Waals surface area (Å²) >= 11 is 0. The Morgan fingerprint density at radius 1 is 1.15 bits per heavy atom. The van der Waals surface area contributed by atoms with Gasteiger partial charge in [-0.05, 0) is 31.4 Å². The molecule has 26 heavy (non-hydrogen) atoms. The van der Waals surface area contributed by atoms with Gasteiger partial charge in [-0.1, -0.05) is 18.2 Å². The quantitative estimate of drug-likeness (QED) is 0.864. The Bertz CT molecular complexity index is 826. The summed E-state index contributed by atoms with van der Waals surface area (Å²) in [5.41, 5.74) is 0.717. The highest BCUT2D eigenvalue weighted by molar-refractivity contribution is 5.94. The number of likely N-dealkylation sites (tertiary alicyclic amines) is 1. The number of hydrogen-bond donors (Lipinski definition) is 1. The maximum absolute atomic E-state index is 12.4. The third-order valence-corrected chi connectivity index (χ3v) is 5.30. The van der Waals surface area contributed by atoms with E-state index in [1.54, 1.807) is 4.68 Å². The van der Waals surface area contributed by atoms with Gasteiger partial charge >= 0.3 is 5.69 Å². The number of benzene rings is 1. The van der Waals surface area contributed by atoms with Crippen LogP contribution in [-0.4, -0.2) is 50.8 Å². The van der Waals surface area contributed by atoms with Crippen molar-refractivity contribution in [2.24, 2.45) is 0 Å². The van der Waals surface area contributed by atoms with Crippen LogP contribution in [0.1, 0.15) is 35.4 Å². The minimum Gasteiger partial charge on any atom is -0.348 e. The lowest BCUT2D eigenvalue weighted by Gasteiger charge is -2.16. The van der Waals surface area contributed by atoms with Crippen LogP contribution in [0.4, 0.5) is 0 Å². The Kier molecular flexibility index (Phi) is 4.88. The third kappa shape index (κ3) is 3.58. The van der Waals surface area contributed by atoms with Crippen LogP contribution in [0.25, 0.3) is 0 Å². The number of aromatic nitrogens is 3. The van der Waals surface area contributed by atoms with Crippen LogP contribution in [0.5, 0.6) is 0 Å². The highest BCUT2D eigenvalue weighted by Crippen LogP contribution is 2.12. The third-order valence-electron chi connectivity index (χ3n) is 5.30. The second-order valence-corrected chi connectivity index (χ2v) is 7.16. The van der Waals surface area contributed by atoms with E-state index in [1.165, 1.54) is 0 Å². The molecule has 1 fully saturated rings. The molecular weight excluding hydrogens is 330 g/mol. The Balaban J connectivity index is 1.29. The van der Waals surface area contributed by atoms with Crippen LogP contribution >= 0.6 is 0 Å². The van der Waals surface area contributed by atoms with Gasteiger partial charge in [0.05, 0.1) is 6.54 Å². The molecule has 1 aromatic carbocycles. The number of carbonyl (C=O) groups excluding carboxylic acids is 1. The van der Waals surface area contributed by atoms with Gasteiger partial charge in [-0.25, -0.2) is 9.48 Å². The molecule has 0 radical (unpaired) electrons. The van der Waals surface area contributed by atoms with Crippen molar-refractivity contribution in [3.8, 4) is 0 Å². The number of hydrogen-bond acceptors (Lipinski definition) is 4. The van der Waals surface area contributed by atoms with Crippen molar-refractivity contribution in [3.63, 3.8) is 0 Å². The van der Waals surface area contributed by atoms with E-state index in [1.807, 2.05) is 34.9 Å². The lowest BCUT2D eigenvalue weighted by molar-refractivity contribution is 0.0937. The van der Waals surface area contributed by atoms with Crippen LogP contribution in [-0.2, 0) is 19.5 Å². The van der Waals surface area contributed by atoms with Gasteiger partial charge in [0.25, 0.3) is 5.91 Å². The molecule has 4 rings (SSSR count). The summed E-state index contributed by atoms with van der Waals surface area (Å²) in [5, 5.41) is 7.59. The fourth-order valence-electron chi connectivity index (χ4n) is 3.84. The summed E-state index contributed by atoms with van der Waals surface area (Å²) < 4.78 is 3.42. The van der Waals surface area contributed by atoms with Gasteiger partial charge in [-0.3, -0.25) is 14.3 Å². The maximum Gasteiger partial charge on any atom is 0.345 e. The first-order valence-corrected chi connectivity index (χ1v) is 9.45. The van der Waals surface area contributed by atoms with E-state index in [9.17, 15) is 9.59 Å². The van der Waals surface area contributed by atoms with E-state index in [-0.39, 0.29) is 17.6 Å². The van der Waals surface area contributed by atoms with Gasteiger partial charge in [0.2, 0.25) is 0 Å². The topological polar surface area (TPSA) is 72.2 Å². The van der Waals surface area contributed by atoms with Crippen molar-refractivity contribution in [1.29, 1.82) is 0 Å². The van der Waals surface area contributed by atoms with Gasteiger partial charge in [0.15, 0.2) is 0 Å². The molecule has 1 saturated heterocycles. The molecule has 7 heteroatoms. The number of fused-ring (bicyclic) bond motifs is 1. The van der Waals surface area contributed by atoms with Crippen molar-refractivity contribution >= 4 is 5.91 Å². The standard InChI is InChI=1S/C19H25N5O2/c25-18(15-6-2-1-3-7-15)20-16-9-11-22(14-16)12-13-24-19(26)23-10-5-4-8-17(23)21-24/h1-3,6-7,16H,4-5,8-14H2,(H,20,25). The molecule has 1 N–H and O–H groups in total. The molecule has 0 bridgehead atoms. The molecule has 0 aliphatic carbocycles. The van der Waals surface area contributed by atoms with Crippen molar-refractivity contribution in [2.75, 3.05) is 19.6 Å². The smallest absolute Gasteiger partial charge is 0.345 e. The van der Waals surface area contributed by atoms with E-state index in [0.717, 1.165) is 57.7 Å². The monoisotopic (exact) mass is 355 g/mol. The zero-order valence-electron chi connectivity index (χ0n) is 14.9. The van der Waals surface area contributed by atoms with Gasteiger partial charge in [-0.2, -0.15) is 5.10 Å².